The van der Waals surface area contributed by atoms with Gasteiger partial charge in [0.1, 0.15) is 0 Å². The Hall–Kier alpha value is -2.30. The van der Waals surface area contributed by atoms with Gasteiger partial charge in [0, 0.05) is 29.3 Å². The number of nitrogens with zero attached hydrogens (tertiary/aromatic N) is 3. The Morgan fingerprint density at radius 2 is 1.94 bits per heavy atom. The van der Waals surface area contributed by atoms with Crippen molar-refractivity contribution in [1.29, 1.82) is 0 Å². The molecular weight excluding hydrogens is 218 g/mol. The number of hydrogen-bond acceptors (Lipinski definition) is 4. The molecule has 5 nitrogen and oxygen atoms in total. The second kappa shape index (κ2) is 5.16. The number of benzene rings is 1. The van der Waals surface area contributed by atoms with Gasteiger partial charge in [-0.05, 0) is 5.56 Å². The minimum Gasteiger partial charge on any atom is -0.265 e. The van der Waals surface area contributed by atoms with E-state index in [0.717, 1.165) is 16.8 Å². The standard InChI is InChI=1S/C12H11N3O2/c16-15(17)8-5-10-1-3-11(4-2-10)12-9-13-6-7-14-12/h1-4,6-7,9H,5,8H2. The van der Waals surface area contributed by atoms with Gasteiger partial charge in [-0.1, -0.05) is 24.3 Å². The minimum absolute atomic E-state index is 0.0372. The fourth-order valence-electron chi connectivity index (χ4n) is 1.51. The molecule has 0 atom stereocenters. The molecule has 2 rings (SSSR count). The van der Waals surface area contributed by atoms with E-state index in [-0.39, 0.29) is 11.5 Å². The predicted molar refractivity (Wildman–Crippen MR) is 63.0 cm³/mol. The number of rotatable bonds is 4. The molecule has 0 unspecified atom stereocenters. The molecule has 0 aliphatic carbocycles. The lowest BCUT2D eigenvalue weighted by Crippen LogP contribution is -2.03. The summed E-state index contributed by atoms with van der Waals surface area (Å²) in [6, 6.07) is 7.57. The van der Waals surface area contributed by atoms with E-state index in [2.05, 4.69) is 9.97 Å². The van der Waals surface area contributed by atoms with Gasteiger partial charge in [-0.15, -0.1) is 0 Å². The first-order valence-electron chi connectivity index (χ1n) is 5.23. The largest absolute Gasteiger partial charge is 0.265 e. The van der Waals surface area contributed by atoms with E-state index < -0.39 is 0 Å². The highest BCUT2D eigenvalue weighted by molar-refractivity contribution is 5.58. The summed E-state index contributed by atoms with van der Waals surface area (Å²) in [6.07, 6.45) is 5.39. The van der Waals surface area contributed by atoms with Crippen LogP contribution in [-0.4, -0.2) is 21.4 Å². The fourth-order valence-corrected chi connectivity index (χ4v) is 1.51. The van der Waals surface area contributed by atoms with Crippen molar-refractivity contribution in [1.82, 2.24) is 9.97 Å². The molecule has 2 aromatic rings. The third-order valence-corrected chi connectivity index (χ3v) is 2.40. The summed E-state index contributed by atoms with van der Waals surface area (Å²) in [5, 5.41) is 10.2. The van der Waals surface area contributed by atoms with Crippen LogP contribution in [0.25, 0.3) is 11.3 Å². The van der Waals surface area contributed by atoms with Crippen molar-refractivity contribution in [2.75, 3.05) is 6.54 Å². The van der Waals surface area contributed by atoms with Crippen LogP contribution in [0.3, 0.4) is 0 Å². The van der Waals surface area contributed by atoms with E-state index >= 15 is 0 Å². The van der Waals surface area contributed by atoms with Crippen LogP contribution < -0.4 is 0 Å². The second-order valence-corrected chi connectivity index (χ2v) is 3.59. The van der Waals surface area contributed by atoms with Crippen LogP contribution in [0.1, 0.15) is 5.56 Å². The Labute approximate surface area is 98.3 Å². The molecule has 1 aromatic carbocycles. The number of nitro groups is 1. The van der Waals surface area contributed by atoms with Crippen LogP contribution in [0.4, 0.5) is 0 Å². The van der Waals surface area contributed by atoms with Crippen molar-refractivity contribution >= 4 is 0 Å². The first-order valence-corrected chi connectivity index (χ1v) is 5.23. The van der Waals surface area contributed by atoms with Gasteiger partial charge in [-0.3, -0.25) is 20.1 Å². The van der Waals surface area contributed by atoms with Crippen molar-refractivity contribution in [2.24, 2.45) is 0 Å². The smallest absolute Gasteiger partial charge is 0.207 e. The van der Waals surface area contributed by atoms with Crippen LogP contribution in [0.15, 0.2) is 42.9 Å². The lowest BCUT2D eigenvalue weighted by Gasteiger charge is -2.01. The van der Waals surface area contributed by atoms with Crippen molar-refractivity contribution in [3.05, 3.63) is 58.5 Å². The van der Waals surface area contributed by atoms with Crippen LogP contribution in [0, 0.1) is 10.1 Å². The Morgan fingerprint density at radius 1 is 1.18 bits per heavy atom. The summed E-state index contributed by atoms with van der Waals surface area (Å²) < 4.78 is 0. The normalized spacial score (nSPS) is 10.1. The third-order valence-electron chi connectivity index (χ3n) is 2.40. The minimum atomic E-state index is -0.309. The highest BCUT2D eigenvalue weighted by Gasteiger charge is 2.02. The Bertz CT molecular complexity index is 497. The first-order chi connectivity index (χ1) is 8.25. The van der Waals surface area contributed by atoms with Gasteiger partial charge >= 0.3 is 0 Å². The molecule has 0 amide bonds. The van der Waals surface area contributed by atoms with Crippen molar-refractivity contribution in [3.63, 3.8) is 0 Å². The summed E-state index contributed by atoms with van der Waals surface area (Å²) >= 11 is 0. The van der Waals surface area contributed by atoms with Crippen LogP contribution in [0.2, 0.25) is 0 Å². The summed E-state index contributed by atoms with van der Waals surface area (Å²) in [4.78, 5) is 18.1. The number of hydrogen-bond donors (Lipinski definition) is 0. The van der Waals surface area contributed by atoms with Crippen LogP contribution in [0.5, 0.6) is 0 Å². The monoisotopic (exact) mass is 229 g/mol. The Morgan fingerprint density at radius 3 is 2.53 bits per heavy atom. The molecule has 1 aromatic heterocycles. The zero-order valence-corrected chi connectivity index (χ0v) is 9.11. The van der Waals surface area contributed by atoms with E-state index in [9.17, 15) is 10.1 Å². The van der Waals surface area contributed by atoms with Crippen molar-refractivity contribution in [3.8, 4) is 11.3 Å². The van der Waals surface area contributed by atoms with E-state index in [1.165, 1.54) is 0 Å². The van der Waals surface area contributed by atoms with Crippen LogP contribution >= 0.6 is 0 Å². The molecule has 0 radical (unpaired) electrons. The topological polar surface area (TPSA) is 68.9 Å². The van der Waals surface area contributed by atoms with Gasteiger partial charge in [0.15, 0.2) is 0 Å². The second-order valence-electron chi connectivity index (χ2n) is 3.59. The molecule has 0 saturated heterocycles. The molecule has 0 bridgehead atoms. The zero-order chi connectivity index (χ0) is 12.1. The SMILES string of the molecule is O=[N+]([O-])CCc1ccc(-c2cnccn2)cc1. The lowest BCUT2D eigenvalue weighted by molar-refractivity contribution is -0.479. The summed E-state index contributed by atoms with van der Waals surface area (Å²) in [5.74, 6) is 0. The van der Waals surface area contributed by atoms with E-state index in [0.29, 0.717) is 6.42 Å². The Kier molecular flexibility index (Phi) is 3.40. The molecule has 1 heterocycles. The maximum atomic E-state index is 10.2. The molecule has 17 heavy (non-hydrogen) atoms. The average Bonchev–Trinajstić information content (AvgIpc) is 2.38. The first kappa shape index (κ1) is 11.2. The van der Waals surface area contributed by atoms with E-state index in [1.807, 2.05) is 24.3 Å². The maximum absolute atomic E-state index is 10.2. The average molecular weight is 229 g/mol. The number of aromatic nitrogens is 2. The van der Waals surface area contributed by atoms with Crippen molar-refractivity contribution in [2.45, 2.75) is 6.42 Å². The van der Waals surface area contributed by atoms with E-state index in [4.69, 9.17) is 0 Å². The summed E-state index contributed by atoms with van der Waals surface area (Å²) in [5.41, 5.74) is 2.71. The van der Waals surface area contributed by atoms with Gasteiger partial charge in [0.05, 0.1) is 11.9 Å². The van der Waals surface area contributed by atoms with Gasteiger partial charge in [0.2, 0.25) is 6.54 Å². The van der Waals surface area contributed by atoms with Gasteiger partial charge < -0.3 is 0 Å². The molecule has 0 saturated carbocycles. The highest BCUT2D eigenvalue weighted by atomic mass is 16.6. The highest BCUT2D eigenvalue weighted by Crippen LogP contribution is 2.16. The van der Waals surface area contributed by atoms with Gasteiger partial charge in [-0.2, -0.15) is 0 Å². The summed E-state index contributed by atoms with van der Waals surface area (Å²) in [6.45, 7) is -0.0372. The summed E-state index contributed by atoms with van der Waals surface area (Å²) in [7, 11) is 0. The van der Waals surface area contributed by atoms with Gasteiger partial charge in [0.25, 0.3) is 0 Å². The quantitative estimate of drug-likeness (QED) is 0.593. The van der Waals surface area contributed by atoms with Crippen molar-refractivity contribution < 1.29 is 4.92 Å². The third kappa shape index (κ3) is 3.07. The molecule has 0 N–H and O–H groups in total. The Balaban J connectivity index is 2.11. The molecule has 86 valence electrons. The maximum Gasteiger partial charge on any atom is 0.207 e. The fraction of sp³-hybridized carbons (Fsp3) is 0.167. The molecule has 0 spiro atoms. The molecule has 0 fully saturated rings. The molecular formula is C12H11N3O2. The molecule has 0 aliphatic rings. The lowest BCUT2D eigenvalue weighted by atomic mass is 10.1. The van der Waals surface area contributed by atoms with Gasteiger partial charge in [-0.25, -0.2) is 0 Å². The predicted octanol–water partition coefficient (Wildman–Crippen LogP) is 1.96. The molecule has 5 heteroatoms. The molecule has 0 aliphatic heterocycles. The van der Waals surface area contributed by atoms with Crippen LogP contribution in [-0.2, 0) is 6.42 Å². The zero-order valence-electron chi connectivity index (χ0n) is 9.11. The van der Waals surface area contributed by atoms with E-state index in [1.54, 1.807) is 18.6 Å².